The minimum Gasteiger partial charge on any atom is -0.361 e. The summed E-state index contributed by atoms with van der Waals surface area (Å²) in [5.74, 6) is 0.465. The molecule has 4 heterocycles. The summed E-state index contributed by atoms with van der Waals surface area (Å²) in [5.41, 5.74) is 10.0. The van der Waals surface area contributed by atoms with Crippen molar-refractivity contribution in [1.82, 2.24) is 24.3 Å². The average Bonchev–Trinajstić information content (AvgIpc) is 3.63. The van der Waals surface area contributed by atoms with Crippen molar-refractivity contribution in [2.45, 2.75) is 50.8 Å². The van der Waals surface area contributed by atoms with Crippen LogP contribution in [0.3, 0.4) is 0 Å². The van der Waals surface area contributed by atoms with E-state index in [1.807, 2.05) is 29.0 Å². The Morgan fingerprint density at radius 2 is 1.86 bits per heavy atom. The van der Waals surface area contributed by atoms with Gasteiger partial charge in [0, 0.05) is 73.3 Å². The normalized spacial score (nSPS) is 16.7. The molecule has 43 heavy (non-hydrogen) atoms. The van der Waals surface area contributed by atoms with Gasteiger partial charge in [0.05, 0.1) is 15.9 Å². The van der Waals surface area contributed by atoms with Crippen LogP contribution in [0.1, 0.15) is 28.2 Å². The quantitative estimate of drug-likeness (QED) is 0.162. The number of nitrogens with zero attached hydrogens (tertiary/aromatic N) is 7. The number of hydrogen-bond acceptors (Lipinski definition) is 7. The maximum atomic E-state index is 10.4. The van der Waals surface area contributed by atoms with E-state index >= 15 is 0 Å². The third-order valence-electron chi connectivity index (χ3n) is 8.24. The molecule has 3 aromatic heterocycles. The van der Waals surface area contributed by atoms with Gasteiger partial charge in [0.25, 0.3) is 0 Å². The molecule has 0 bridgehead atoms. The first kappa shape index (κ1) is 25.7. The third-order valence-corrected chi connectivity index (χ3v) is 10.3. The molecule has 0 amide bonds. The van der Waals surface area contributed by atoms with Gasteiger partial charge in [0.2, 0.25) is 5.95 Å². The summed E-state index contributed by atoms with van der Waals surface area (Å²) >= 11 is 6.94. The van der Waals surface area contributed by atoms with Gasteiger partial charge < -0.3 is 19.9 Å². The molecule has 11 heteroatoms. The van der Waals surface area contributed by atoms with Crippen LogP contribution in [-0.4, -0.2) is 52.1 Å². The van der Waals surface area contributed by atoms with E-state index in [2.05, 4.69) is 47.8 Å². The van der Waals surface area contributed by atoms with E-state index in [-0.39, 0.29) is 12.4 Å². The fourth-order valence-corrected chi connectivity index (χ4v) is 6.74. The van der Waals surface area contributed by atoms with Gasteiger partial charge in [-0.05, 0) is 30.5 Å². The Morgan fingerprint density at radius 3 is 2.56 bits per heavy atom. The van der Waals surface area contributed by atoms with Crippen LogP contribution >= 0.6 is 11.6 Å². The summed E-state index contributed by atoms with van der Waals surface area (Å²) < 4.78 is 32.3. The van der Waals surface area contributed by atoms with Gasteiger partial charge in [-0.2, -0.15) is 15.3 Å². The fraction of sp³-hybridized carbons (Fsp3) is 0.375. The molecule has 0 atom stereocenters. The van der Waals surface area contributed by atoms with Crippen molar-refractivity contribution >= 4 is 47.6 Å². The van der Waals surface area contributed by atoms with Crippen LogP contribution in [0, 0.1) is 11.3 Å². The van der Waals surface area contributed by atoms with Crippen LogP contribution in [0.15, 0.2) is 54.9 Å². The number of fused-ring (bicyclic) bond motifs is 2. The summed E-state index contributed by atoms with van der Waals surface area (Å²) in [4.78, 5) is 11.8. The van der Waals surface area contributed by atoms with E-state index < -0.39 is 20.6 Å². The lowest BCUT2D eigenvalue weighted by Crippen LogP contribution is -2.48. The van der Waals surface area contributed by atoms with Gasteiger partial charge in [-0.25, -0.2) is 4.98 Å². The summed E-state index contributed by atoms with van der Waals surface area (Å²) in [7, 11) is -1.31. The largest absolute Gasteiger partial charge is 0.361 e. The Hall–Kier alpha value is -3.75. The number of piperidine rings is 1. The number of ether oxygens (including phenoxy) is 1. The van der Waals surface area contributed by atoms with Crippen molar-refractivity contribution in [2.24, 2.45) is 12.7 Å². The molecule has 1 aliphatic heterocycles. The lowest BCUT2D eigenvalue weighted by molar-refractivity contribution is 0.0899. The van der Waals surface area contributed by atoms with Gasteiger partial charge in [-0.15, -0.1) is 0 Å². The lowest BCUT2D eigenvalue weighted by atomic mass is 9.82. The fourth-order valence-electron chi connectivity index (χ4n) is 5.67. The number of aromatic nitrogens is 5. The van der Waals surface area contributed by atoms with E-state index in [1.165, 1.54) is 6.20 Å². The second kappa shape index (κ2) is 11.4. The number of rotatable bonds is 8. The van der Waals surface area contributed by atoms with Crippen LogP contribution in [0.25, 0.3) is 33.1 Å². The smallest absolute Gasteiger partial charge is 0.228 e. The highest BCUT2D eigenvalue weighted by molar-refractivity contribution is 6.76. The molecule has 1 saturated heterocycles. The van der Waals surface area contributed by atoms with Crippen LogP contribution in [0.5, 0.6) is 0 Å². The molecule has 222 valence electrons. The van der Waals surface area contributed by atoms with Gasteiger partial charge in [0.15, 0.2) is 5.69 Å². The first-order valence-electron chi connectivity index (χ1n) is 15.9. The number of benzene rings is 2. The number of aryl methyl sites for hydroxylation is 1. The molecule has 5 aromatic rings. The third kappa shape index (κ3) is 5.78. The van der Waals surface area contributed by atoms with Crippen molar-refractivity contribution < 1.29 is 8.85 Å². The predicted molar refractivity (Wildman–Crippen MR) is 175 cm³/mol. The summed E-state index contributed by atoms with van der Waals surface area (Å²) in [6.07, 6.45) is 4.74. The van der Waals surface area contributed by atoms with Gasteiger partial charge in [-0.3, -0.25) is 4.68 Å². The van der Waals surface area contributed by atoms with Crippen LogP contribution < -0.4 is 10.6 Å². The topological polar surface area (TPSA) is 111 Å². The maximum Gasteiger partial charge on any atom is 0.228 e. The Bertz CT molecular complexity index is 1940. The second-order valence-electron chi connectivity index (χ2n) is 12.5. The standard InChI is InChI=1S/C32H37ClN8OSi/c1-39-19-25-26(38-39)11-10-23(29(25)33)24-20-41(21-42-16-17-43(2,3)4)30-28(24)27(18-34)36-31(37-30)40-14-12-32(35,13-15-40)22-8-6-5-7-9-22/h5-11,19-20H,12-17,21,35H2,1-4H3/i1D3. The minimum absolute atomic E-state index is 0.220. The predicted octanol–water partition coefficient (Wildman–Crippen LogP) is 6.28. The molecule has 2 N–H and O–H groups in total. The molecule has 0 spiro atoms. The Morgan fingerprint density at radius 1 is 1.09 bits per heavy atom. The lowest BCUT2D eigenvalue weighted by Gasteiger charge is -2.39. The molecule has 0 aliphatic carbocycles. The van der Waals surface area contributed by atoms with Crippen molar-refractivity contribution in [1.29, 1.82) is 5.26 Å². The van der Waals surface area contributed by atoms with Gasteiger partial charge >= 0.3 is 0 Å². The molecule has 1 aliphatic rings. The molecule has 9 nitrogen and oxygen atoms in total. The summed E-state index contributed by atoms with van der Waals surface area (Å²) in [6, 6.07) is 17.0. The molecule has 1 fully saturated rings. The van der Waals surface area contributed by atoms with Crippen molar-refractivity contribution in [2.75, 3.05) is 24.6 Å². The van der Waals surface area contributed by atoms with E-state index in [4.69, 9.17) is 36.2 Å². The average molecular weight is 616 g/mol. The van der Waals surface area contributed by atoms with Crippen molar-refractivity contribution in [3.8, 4) is 17.2 Å². The maximum absolute atomic E-state index is 10.4. The highest BCUT2D eigenvalue weighted by atomic mass is 35.5. The number of anilines is 1. The van der Waals surface area contributed by atoms with Gasteiger partial charge in [0.1, 0.15) is 18.4 Å². The highest BCUT2D eigenvalue weighted by Gasteiger charge is 2.34. The van der Waals surface area contributed by atoms with Crippen molar-refractivity contribution in [3.63, 3.8) is 0 Å². The zero-order chi connectivity index (χ0) is 32.9. The molecule has 2 aromatic carbocycles. The second-order valence-corrected chi connectivity index (χ2v) is 18.5. The molecule has 0 radical (unpaired) electrons. The van der Waals surface area contributed by atoms with Crippen LogP contribution in [-0.2, 0) is 24.0 Å². The summed E-state index contributed by atoms with van der Waals surface area (Å²) in [5, 5.41) is 16.0. The molecular weight excluding hydrogens is 576 g/mol. The Kier molecular flexibility index (Phi) is 6.81. The SMILES string of the molecule is [2H]C([2H])([2H])n1cc2c(Cl)c(-c3cn(COCC[Si](C)(C)C)c4nc(N5CCC(N)(c6ccccc6)CC5)nc(C#N)c34)ccc2n1. The Balaban J connectivity index is 1.41. The molecule has 0 saturated carbocycles. The zero-order valence-corrected chi connectivity index (χ0v) is 26.4. The molecule has 0 unspecified atom stereocenters. The first-order chi connectivity index (χ1) is 21.8. The van der Waals surface area contributed by atoms with Crippen molar-refractivity contribution in [3.05, 3.63) is 71.1 Å². The van der Waals surface area contributed by atoms with E-state index in [0.717, 1.165) is 16.3 Å². The van der Waals surface area contributed by atoms with E-state index in [9.17, 15) is 5.26 Å². The molecule has 6 rings (SSSR count). The summed E-state index contributed by atoms with van der Waals surface area (Å²) in [6.45, 7) is 6.59. The van der Waals surface area contributed by atoms with Gasteiger partial charge in [-0.1, -0.05) is 67.6 Å². The van der Waals surface area contributed by atoms with E-state index in [0.29, 0.717) is 76.6 Å². The number of halogens is 1. The minimum atomic E-state index is -2.44. The monoisotopic (exact) mass is 615 g/mol. The number of hydrogen-bond donors (Lipinski definition) is 1. The zero-order valence-electron chi connectivity index (χ0n) is 27.6. The Labute approximate surface area is 262 Å². The molecular formula is C32H37ClN8OSi. The first-order valence-corrected chi connectivity index (χ1v) is 18.5. The van der Waals surface area contributed by atoms with Crippen LogP contribution in [0.2, 0.25) is 30.7 Å². The highest BCUT2D eigenvalue weighted by Crippen LogP contribution is 2.40. The number of nitrogens with two attached hydrogens (primary N) is 1. The number of nitriles is 1. The van der Waals surface area contributed by atoms with E-state index in [1.54, 1.807) is 12.1 Å². The van der Waals surface area contributed by atoms with Crippen LogP contribution in [0.4, 0.5) is 5.95 Å².